The first-order chi connectivity index (χ1) is 12.0. The molecule has 2 rings (SSSR count). The third kappa shape index (κ3) is 5.99. The van der Waals surface area contributed by atoms with E-state index in [1.54, 1.807) is 30.0 Å². The van der Waals surface area contributed by atoms with Crippen LogP contribution in [0.4, 0.5) is 0 Å². The maximum absolute atomic E-state index is 11.8. The van der Waals surface area contributed by atoms with Crippen molar-refractivity contribution in [1.82, 2.24) is 0 Å². The fourth-order valence-electron chi connectivity index (χ4n) is 2.07. The Hall–Kier alpha value is -2.18. The molecule has 0 atom stereocenters. The Bertz CT molecular complexity index is 697. The van der Waals surface area contributed by atoms with E-state index in [0.717, 1.165) is 0 Å². The van der Waals surface area contributed by atoms with E-state index in [0.29, 0.717) is 28.1 Å². The Morgan fingerprint density at radius 1 is 1.00 bits per heavy atom. The molecule has 0 fully saturated rings. The molecule has 0 bridgehead atoms. The van der Waals surface area contributed by atoms with Crippen molar-refractivity contribution in [3.8, 4) is 17.2 Å². The molecule has 0 aliphatic rings. The predicted octanol–water partition coefficient (Wildman–Crippen LogP) is 4.75. The van der Waals surface area contributed by atoms with E-state index in [4.69, 9.17) is 18.9 Å². The lowest BCUT2D eigenvalue weighted by molar-refractivity contribution is 0.0502. The first-order valence-electron chi connectivity index (χ1n) is 7.81. The third-order valence-corrected chi connectivity index (χ3v) is 4.09. The first kappa shape index (κ1) is 19.1. The molecule has 134 valence electrons. The number of rotatable bonds is 8. The number of ether oxygens (including phenoxy) is 4. The molecule has 25 heavy (non-hydrogen) atoms. The van der Waals surface area contributed by atoms with Crippen LogP contribution in [0.15, 0.2) is 47.4 Å². The minimum absolute atomic E-state index is 0.0746. The molecule has 0 amide bonds. The third-order valence-electron chi connectivity index (χ3n) is 3.08. The number of esters is 1. The first-order valence-corrected chi connectivity index (χ1v) is 8.69. The van der Waals surface area contributed by atoms with Crippen LogP contribution in [0.5, 0.6) is 17.2 Å². The quantitative estimate of drug-likeness (QED) is 0.384. The maximum Gasteiger partial charge on any atom is 0.338 e. The van der Waals surface area contributed by atoms with E-state index in [1.807, 2.05) is 24.3 Å². The molecule has 0 aliphatic carbocycles. The maximum atomic E-state index is 11.8. The Morgan fingerprint density at radius 3 is 2.28 bits per heavy atom. The summed E-state index contributed by atoms with van der Waals surface area (Å²) in [6.07, 6.45) is 0. The molecule has 2 aromatic rings. The molecule has 5 nitrogen and oxygen atoms in total. The smallest absolute Gasteiger partial charge is 0.338 e. The van der Waals surface area contributed by atoms with E-state index in [1.165, 1.54) is 19.1 Å². The molecule has 0 unspecified atom stereocenters. The van der Waals surface area contributed by atoms with E-state index in [2.05, 4.69) is 13.8 Å². The van der Waals surface area contributed by atoms with Crippen LogP contribution in [-0.2, 0) is 9.47 Å². The summed E-state index contributed by atoms with van der Waals surface area (Å²) in [5.74, 6) is 1.16. The lowest BCUT2D eigenvalue weighted by Gasteiger charge is -2.12. The van der Waals surface area contributed by atoms with Crippen molar-refractivity contribution in [3.63, 3.8) is 0 Å². The fourth-order valence-corrected chi connectivity index (χ4v) is 2.91. The second-order valence-corrected chi connectivity index (χ2v) is 7.13. The van der Waals surface area contributed by atoms with Gasteiger partial charge in [0.05, 0.1) is 12.7 Å². The van der Waals surface area contributed by atoms with Crippen molar-refractivity contribution in [1.29, 1.82) is 0 Å². The Kier molecular flexibility index (Phi) is 7.16. The summed E-state index contributed by atoms with van der Waals surface area (Å²) in [7, 11) is 2.86. The van der Waals surface area contributed by atoms with Gasteiger partial charge in [-0.05, 0) is 36.4 Å². The minimum Gasteiger partial charge on any atom is -0.467 e. The van der Waals surface area contributed by atoms with Crippen molar-refractivity contribution in [2.75, 3.05) is 21.0 Å². The second-order valence-electron chi connectivity index (χ2n) is 5.48. The standard InChI is InChI=1S/C19H22O5S/c1-13(2)25-18-7-5-15(6-8-18)24-17-10-14(19(20)22-4)9-16(11-17)23-12-21-3/h5-11,13H,12H2,1-4H3. The van der Waals surface area contributed by atoms with Gasteiger partial charge in [-0.1, -0.05) is 13.8 Å². The van der Waals surface area contributed by atoms with Crippen LogP contribution in [0.3, 0.4) is 0 Å². The molecule has 0 N–H and O–H groups in total. The van der Waals surface area contributed by atoms with Gasteiger partial charge in [0.25, 0.3) is 0 Å². The highest BCUT2D eigenvalue weighted by Crippen LogP contribution is 2.30. The van der Waals surface area contributed by atoms with Crippen LogP contribution in [0, 0.1) is 0 Å². The summed E-state index contributed by atoms with van der Waals surface area (Å²) < 4.78 is 20.9. The summed E-state index contributed by atoms with van der Waals surface area (Å²) >= 11 is 1.78. The predicted molar refractivity (Wildman–Crippen MR) is 97.8 cm³/mol. The molecule has 0 spiro atoms. The number of carbonyl (C=O) groups is 1. The van der Waals surface area contributed by atoms with Gasteiger partial charge in [-0.25, -0.2) is 4.79 Å². The molecule has 0 aromatic heterocycles. The van der Waals surface area contributed by atoms with Crippen molar-refractivity contribution in [2.45, 2.75) is 24.0 Å². The number of hydrogen-bond acceptors (Lipinski definition) is 6. The van der Waals surface area contributed by atoms with Gasteiger partial charge >= 0.3 is 5.97 Å². The minimum atomic E-state index is -0.462. The molecule has 0 saturated carbocycles. The number of benzene rings is 2. The van der Waals surface area contributed by atoms with Crippen LogP contribution in [-0.4, -0.2) is 32.2 Å². The van der Waals surface area contributed by atoms with Crippen LogP contribution < -0.4 is 9.47 Å². The summed E-state index contributed by atoms with van der Waals surface area (Å²) in [4.78, 5) is 13.0. The van der Waals surface area contributed by atoms with Crippen molar-refractivity contribution in [3.05, 3.63) is 48.0 Å². The van der Waals surface area contributed by atoms with E-state index < -0.39 is 5.97 Å². The summed E-state index contributed by atoms with van der Waals surface area (Å²) in [5.41, 5.74) is 0.345. The molecular weight excluding hydrogens is 340 g/mol. The molecule has 0 aliphatic heterocycles. The highest BCUT2D eigenvalue weighted by molar-refractivity contribution is 7.99. The average molecular weight is 362 g/mol. The van der Waals surface area contributed by atoms with Gasteiger partial charge in [-0.3, -0.25) is 0 Å². The Labute approximate surface area is 152 Å². The van der Waals surface area contributed by atoms with Crippen molar-refractivity contribution < 1.29 is 23.7 Å². The topological polar surface area (TPSA) is 54.0 Å². The SMILES string of the molecule is COCOc1cc(Oc2ccc(SC(C)C)cc2)cc(C(=O)OC)c1. The highest BCUT2D eigenvalue weighted by Gasteiger charge is 2.11. The van der Waals surface area contributed by atoms with Gasteiger partial charge in [-0.15, -0.1) is 11.8 Å². The fraction of sp³-hybridized carbons (Fsp3) is 0.316. The number of hydrogen-bond donors (Lipinski definition) is 0. The Morgan fingerprint density at radius 2 is 1.68 bits per heavy atom. The average Bonchev–Trinajstić information content (AvgIpc) is 2.60. The number of methoxy groups -OCH3 is 2. The second kappa shape index (κ2) is 9.34. The lowest BCUT2D eigenvalue weighted by Crippen LogP contribution is -2.04. The zero-order valence-electron chi connectivity index (χ0n) is 14.8. The van der Waals surface area contributed by atoms with Crippen molar-refractivity contribution >= 4 is 17.7 Å². The molecule has 0 heterocycles. The van der Waals surface area contributed by atoms with Gasteiger partial charge in [-0.2, -0.15) is 0 Å². The molecule has 0 saturated heterocycles. The van der Waals surface area contributed by atoms with E-state index >= 15 is 0 Å². The number of carbonyl (C=O) groups excluding carboxylic acids is 1. The van der Waals surface area contributed by atoms with Gasteiger partial charge in [0, 0.05) is 23.3 Å². The number of thioether (sulfide) groups is 1. The van der Waals surface area contributed by atoms with E-state index in [9.17, 15) is 4.79 Å². The summed E-state index contributed by atoms with van der Waals surface area (Å²) in [5, 5.41) is 0.518. The van der Waals surface area contributed by atoms with Gasteiger partial charge in [0.1, 0.15) is 17.2 Å². The lowest BCUT2D eigenvalue weighted by atomic mass is 10.2. The van der Waals surface area contributed by atoms with Crippen LogP contribution in [0.2, 0.25) is 0 Å². The summed E-state index contributed by atoms with van der Waals surface area (Å²) in [6, 6.07) is 12.7. The van der Waals surface area contributed by atoms with Crippen LogP contribution >= 0.6 is 11.8 Å². The van der Waals surface area contributed by atoms with Crippen molar-refractivity contribution in [2.24, 2.45) is 0 Å². The van der Waals surface area contributed by atoms with E-state index in [-0.39, 0.29) is 6.79 Å². The Balaban J connectivity index is 2.20. The van der Waals surface area contributed by atoms with Crippen LogP contribution in [0.25, 0.3) is 0 Å². The normalized spacial score (nSPS) is 10.6. The van der Waals surface area contributed by atoms with Crippen LogP contribution in [0.1, 0.15) is 24.2 Å². The zero-order chi connectivity index (χ0) is 18.2. The largest absolute Gasteiger partial charge is 0.467 e. The van der Waals surface area contributed by atoms with Gasteiger partial charge in [0.2, 0.25) is 0 Å². The zero-order valence-corrected chi connectivity index (χ0v) is 15.6. The molecular formula is C19H22O5S. The summed E-state index contributed by atoms with van der Waals surface area (Å²) in [6.45, 7) is 4.37. The highest BCUT2D eigenvalue weighted by atomic mass is 32.2. The monoisotopic (exact) mass is 362 g/mol. The van der Waals surface area contributed by atoms with Gasteiger partial charge in [0.15, 0.2) is 6.79 Å². The molecule has 2 aromatic carbocycles. The molecule has 0 radical (unpaired) electrons. The molecule has 6 heteroatoms. The van der Waals surface area contributed by atoms with Gasteiger partial charge < -0.3 is 18.9 Å².